The van der Waals surface area contributed by atoms with Gasteiger partial charge in [-0.2, -0.15) is 0 Å². The summed E-state index contributed by atoms with van der Waals surface area (Å²) in [5.41, 5.74) is 0. The molecule has 0 heterocycles. The Kier molecular flexibility index (Phi) is 55.7. The maximum Gasteiger partial charge on any atom is 0.306 e. The number of ether oxygens (including phenoxy) is 3. The van der Waals surface area contributed by atoms with Gasteiger partial charge in [0.15, 0.2) is 6.10 Å². The summed E-state index contributed by atoms with van der Waals surface area (Å²) in [6.45, 7) is 6.62. The molecule has 6 heteroatoms. The zero-order valence-electron chi connectivity index (χ0n) is 46.1. The molecule has 0 amide bonds. The van der Waals surface area contributed by atoms with Gasteiger partial charge in [-0.05, 0) is 83.5 Å². The molecule has 0 N–H and O–H groups in total. The fourth-order valence-corrected chi connectivity index (χ4v) is 8.74. The van der Waals surface area contributed by atoms with E-state index in [0.29, 0.717) is 19.3 Å². The molecular weight excluding hydrogens is 853 g/mol. The highest BCUT2D eigenvalue weighted by Gasteiger charge is 2.19. The average Bonchev–Trinajstić information content (AvgIpc) is 3.35. The molecule has 0 aromatic carbocycles. The van der Waals surface area contributed by atoms with Gasteiger partial charge in [0.2, 0.25) is 0 Å². The highest BCUT2D eigenvalue weighted by atomic mass is 16.6. The molecule has 0 aromatic rings. The quantitative estimate of drug-likeness (QED) is 0.0262. The molecule has 6 nitrogen and oxygen atoms in total. The molecule has 0 aliphatic rings. The Morgan fingerprint density at radius 1 is 0.290 bits per heavy atom. The Labute approximate surface area is 428 Å². The number of hydrogen-bond acceptors (Lipinski definition) is 6. The van der Waals surface area contributed by atoms with Crippen molar-refractivity contribution in [3.63, 3.8) is 0 Å². The summed E-state index contributed by atoms with van der Waals surface area (Å²) in [4.78, 5) is 38.0. The zero-order chi connectivity index (χ0) is 50.0. The molecule has 402 valence electrons. The van der Waals surface area contributed by atoms with E-state index >= 15 is 0 Å². The molecule has 0 aliphatic heterocycles. The van der Waals surface area contributed by atoms with Crippen LogP contribution >= 0.6 is 0 Å². The molecule has 1 unspecified atom stereocenters. The van der Waals surface area contributed by atoms with Crippen molar-refractivity contribution in [2.75, 3.05) is 13.2 Å². The molecular formula is C63H114O6. The second-order valence-electron chi connectivity index (χ2n) is 20.3. The smallest absolute Gasteiger partial charge is 0.306 e. The van der Waals surface area contributed by atoms with Crippen LogP contribution < -0.4 is 0 Å². The average molecular weight is 968 g/mol. The zero-order valence-corrected chi connectivity index (χ0v) is 46.1. The number of rotatable bonds is 55. The van der Waals surface area contributed by atoms with Crippen molar-refractivity contribution in [2.24, 2.45) is 0 Å². The van der Waals surface area contributed by atoms with Crippen LogP contribution in [0.15, 0.2) is 48.6 Å². The van der Waals surface area contributed by atoms with Crippen LogP contribution in [-0.2, 0) is 28.6 Å². The van der Waals surface area contributed by atoms with E-state index in [1.165, 1.54) is 205 Å². The monoisotopic (exact) mass is 967 g/mol. The summed E-state index contributed by atoms with van der Waals surface area (Å²) in [5, 5.41) is 0. The van der Waals surface area contributed by atoms with E-state index in [-0.39, 0.29) is 31.1 Å². The highest BCUT2D eigenvalue weighted by Crippen LogP contribution is 2.16. The summed E-state index contributed by atoms with van der Waals surface area (Å²) in [7, 11) is 0. The summed E-state index contributed by atoms with van der Waals surface area (Å²) in [5.74, 6) is -0.872. The van der Waals surface area contributed by atoms with Gasteiger partial charge < -0.3 is 14.2 Å². The lowest BCUT2D eigenvalue weighted by atomic mass is 10.1. The Morgan fingerprint density at radius 3 is 0.826 bits per heavy atom. The van der Waals surface area contributed by atoms with Gasteiger partial charge >= 0.3 is 17.9 Å². The van der Waals surface area contributed by atoms with Gasteiger partial charge in [-0.25, -0.2) is 0 Å². The first-order valence-electron chi connectivity index (χ1n) is 30.1. The first-order chi connectivity index (χ1) is 34.0. The molecule has 0 rings (SSSR count). The molecule has 69 heavy (non-hydrogen) atoms. The Bertz CT molecular complexity index is 1200. The van der Waals surface area contributed by atoms with Crippen molar-refractivity contribution in [1.82, 2.24) is 0 Å². The molecule has 1 atom stereocenters. The second kappa shape index (κ2) is 57.9. The number of esters is 3. The first-order valence-corrected chi connectivity index (χ1v) is 30.1. The van der Waals surface area contributed by atoms with Crippen LogP contribution in [0.4, 0.5) is 0 Å². The van der Waals surface area contributed by atoms with Gasteiger partial charge in [-0.15, -0.1) is 0 Å². The Morgan fingerprint density at radius 2 is 0.522 bits per heavy atom. The molecule has 0 aliphatic carbocycles. The van der Waals surface area contributed by atoms with Crippen molar-refractivity contribution in [3.8, 4) is 0 Å². The largest absolute Gasteiger partial charge is 0.462 e. The molecule has 0 saturated carbocycles. The standard InChI is InChI=1S/C63H114O6/c1-4-7-10-13-16-19-21-23-25-27-29-30-31-32-33-34-35-37-38-40-42-44-47-50-53-56-62(65)68-59-60(58-67-61(64)55-52-49-46-18-15-12-9-6-3)69-63(66)57-54-51-48-45-43-41-39-36-28-26-24-22-20-17-14-11-8-5-2/h21,23,26-29,31-32,60H,4-20,22,24-25,30,33-59H2,1-3H3/b23-21-,28-26-,29-27-,32-31-. The third-order valence-electron chi connectivity index (χ3n) is 13.3. The van der Waals surface area contributed by atoms with Crippen molar-refractivity contribution in [1.29, 1.82) is 0 Å². The van der Waals surface area contributed by atoms with Gasteiger partial charge in [0.05, 0.1) is 0 Å². The normalized spacial score (nSPS) is 12.3. The summed E-state index contributed by atoms with van der Waals surface area (Å²) in [6, 6.07) is 0. The van der Waals surface area contributed by atoms with E-state index in [9.17, 15) is 14.4 Å². The second-order valence-corrected chi connectivity index (χ2v) is 20.3. The minimum absolute atomic E-state index is 0.0735. The molecule has 0 radical (unpaired) electrons. The summed E-state index contributed by atoms with van der Waals surface area (Å²) in [6.07, 6.45) is 71.2. The third-order valence-corrected chi connectivity index (χ3v) is 13.3. The Balaban J connectivity index is 4.19. The van der Waals surface area contributed by atoms with E-state index in [2.05, 4.69) is 69.4 Å². The number of unbranched alkanes of at least 4 members (excludes halogenated alkanes) is 36. The number of carbonyl (C=O) groups is 3. The minimum Gasteiger partial charge on any atom is -0.462 e. The van der Waals surface area contributed by atoms with Gasteiger partial charge in [-0.3, -0.25) is 14.4 Å². The molecule has 0 fully saturated rings. The van der Waals surface area contributed by atoms with Gasteiger partial charge in [0.25, 0.3) is 0 Å². The predicted octanol–water partition coefficient (Wildman–Crippen LogP) is 20.2. The van der Waals surface area contributed by atoms with E-state index in [4.69, 9.17) is 14.2 Å². The van der Waals surface area contributed by atoms with E-state index in [1.807, 2.05) is 0 Å². The fourth-order valence-electron chi connectivity index (χ4n) is 8.74. The van der Waals surface area contributed by atoms with Crippen LogP contribution in [0, 0.1) is 0 Å². The van der Waals surface area contributed by atoms with E-state index < -0.39 is 6.10 Å². The van der Waals surface area contributed by atoms with Gasteiger partial charge in [0, 0.05) is 19.3 Å². The molecule has 0 bridgehead atoms. The SMILES string of the molecule is CCCCCCC/C=C\C/C=C\C/C=C\CCCCCCCCCCCCC(=O)OCC(COC(=O)CCCCCCCCCC)OC(=O)CCCCCCCCC/C=C\CCCCCCCCC. The van der Waals surface area contributed by atoms with Crippen LogP contribution in [0.5, 0.6) is 0 Å². The van der Waals surface area contributed by atoms with Crippen molar-refractivity contribution >= 4 is 17.9 Å². The van der Waals surface area contributed by atoms with Crippen LogP contribution in [0.25, 0.3) is 0 Å². The number of hydrogen-bond donors (Lipinski definition) is 0. The van der Waals surface area contributed by atoms with Crippen LogP contribution in [-0.4, -0.2) is 37.2 Å². The van der Waals surface area contributed by atoms with E-state index in [0.717, 1.165) is 70.6 Å². The van der Waals surface area contributed by atoms with Crippen molar-refractivity contribution < 1.29 is 28.6 Å². The maximum absolute atomic E-state index is 12.8. The third kappa shape index (κ3) is 56.2. The summed E-state index contributed by atoms with van der Waals surface area (Å²) >= 11 is 0. The van der Waals surface area contributed by atoms with Crippen molar-refractivity contribution in [2.45, 2.75) is 322 Å². The number of allylic oxidation sites excluding steroid dienone is 8. The van der Waals surface area contributed by atoms with Gasteiger partial charge in [-0.1, -0.05) is 262 Å². The molecule has 0 spiro atoms. The van der Waals surface area contributed by atoms with E-state index in [1.54, 1.807) is 0 Å². The Hall–Kier alpha value is -2.63. The fraction of sp³-hybridized carbons (Fsp3) is 0.825. The first kappa shape index (κ1) is 66.4. The maximum atomic E-state index is 12.8. The highest BCUT2D eigenvalue weighted by molar-refractivity contribution is 5.71. The lowest BCUT2D eigenvalue weighted by Gasteiger charge is -2.18. The summed E-state index contributed by atoms with van der Waals surface area (Å²) < 4.78 is 16.8. The molecule has 0 saturated heterocycles. The van der Waals surface area contributed by atoms with Crippen molar-refractivity contribution in [3.05, 3.63) is 48.6 Å². The van der Waals surface area contributed by atoms with Crippen LogP contribution in [0.1, 0.15) is 316 Å². The lowest BCUT2D eigenvalue weighted by molar-refractivity contribution is -0.167. The van der Waals surface area contributed by atoms with Gasteiger partial charge in [0.1, 0.15) is 13.2 Å². The predicted molar refractivity (Wildman–Crippen MR) is 298 cm³/mol. The molecule has 0 aromatic heterocycles. The minimum atomic E-state index is -0.774. The van der Waals surface area contributed by atoms with Crippen LogP contribution in [0.3, 0.4) is 0 Å². The van der Waals surface area contributed by atoms with Crippen LogP contribution in [0.2, 0.25) is 0 Å². The topological polar surface area (TPSA) is 78.9 Å². The number of carbonyl (C=O) groups excluding carboxylic acids is 3. The lowest BCUT2D eigenvalue weighted by Crippen LogP contribution is -2.30.